The molecule has 0 aromatic heterocycles. The number of nitrogens with zero attached hydrogens (tertiary/aromatic N) is 1. The van der Waals surface area contributed by atoms with Crippen LogP contribution in [0, 0.1) is 0 Å². The molecule has 1 aromatic carbocycles. The fourth-order valence-electron chi connectivity index (χ4n) is 2.40. The summed E-state index contributed by atoms with van der Waals surface area (Å²) in [5.74, 6) is -0.278. The van der Waals surface area contributed by atoms with E-state index in [4.69, 9.17) is 0 Å². The van der Waals surface area contributed by atoms with E-state index in [1.54, 1.807) is 18.2 Å². The van der Waals surface area contributed by atoms with E-state index < -0.39 is 0 Å². The van der Waals surface area contributed by atoms with Crippen molar-refractivity contribution in [3.8, 4) is 0 Å². The average molecular weight is 354 g/mol. The highest BCUT2D eigenvalue weighted by Crippen LogP contribution is 2.12. The Labute approximate surface area is 133 Å². The summed E-state index contributed by atoms with van der Waals surface area (Å²) in [6.07, 6.45) is 0. The first kappa shape index (κ1) is 16.0. The minimum atomic E-state index is -0.236. The Morgan fingerprint density at radius 2 is 2.19 bits per heavy atom. The van der Waals surface area contributed by atoms with Gasteiger partial charge in [0.1, 0.15) is 0 Å². The summed E-state index contributed by atoms with van der Waals surface area (Å²) in [4.78, 5) is 26.1. The van der Waals surface area contributed by atoms with Gasteiger partial charge in [-0.3, -0.25) is 9.59 Å². The first-order chi connectivity index (χ1) is 9.99. The quantitative estimate of drug-likeness (QED) is 0.863. The number of hydrogen-bond acceptors (Lipinski definition) is 3. The zero-order chi connectivity index (χ0) is 15.4. The molecule has 2 amide bonds. The van der Waals surface area contributed by atoms with Crippen LogP contribution < -0.4 is 10.6 Å². The van der Waals surface area contributed by atoms with Crippen LogP contribution in [0.2, 0.25) is 0 Å². The first-order valence-electron chi connectivity index (χ1n) is 7.05. The van der Waals surface area contributed by atoms with E-state index >= 15 is 0 Å². The van der Waals surface area contributed by atoms with E-state index in [1.165, 1.54) is 0 Å². The Morgan fingerprint density at radius 1 is 1.43 bits per heavy atom. The topological polar surface area (TPSA) is 61.4 Å². The van der Waals surface area contributed by atoms with E-state index in [0.717, 1.165) is 11.0 Å². The van der Waals surface area contributed by atoms with Crippen molar-refractivity contribution in [2.45, 2.75) is 25.9 Å². The van der Waals surface area contributed by atoms with Crippen molar-refractivity contribution in [1.29, 1.82) is 0 Å². The highest BCUT2D eigenvalue weighted by molar-refractivity contribution is 9.10. The third-order valence-electron chi connectivity index (χ3n) is 3.84. The second kappa shape index (κ2) is 7.04. The van der Waals surface area contributed by atoms with Crippen molar-refractivity contribution in [2.75, 3.05) is 19.6 Å². The number of carbonyl (C=O) groups is 2. The number of benzene rings is 1. The molecule has 2 N–H and O–H groups in total. The van der Waals surface area contributed by atoms with Gasteiger partial charge in [0.05, 0.1) is 6.54 Å². The Kier molecular flexibility index (Phi) is 5.36. The van der Waals surface area contributed by atoms with Gasteiger partial charge in [0.25, 0.3) is 5.91 Å². The molecule has 1 aliphatic heterocycles. The van der Waals surface area contributed by atoms with Crippen LogP contribution in [0.25, 0.3) is 0 Å². The van der Waals surface area contributed by atoms with Crippen LogP contribution in [0.15, 0.2) is 28.7 Å². The second-order valence-electron chi connectivity index (χ2n) is 5.26. The van der Waals surface area contributed by atoms with E-state index in [0.29, 0.717) is 12.1 Å². The molecule has 5 nitrogen and oxygen atoms in total. The number of halogens is 1. The predicted octanol–water partition coefficient (Wildman–Crippen LogP) is 1.39. The number of carbonyl (C=O) groups excluding carboxylic acids is 2. The maximum absolute atomic E-state index is 12.2. The molecule has 21 heavy (non-hydrogen) atoms. The standard InChI is InChI=1S/C15H20BrN3O2/c1-10-11(2)19(7-6-17-10)14(20)9-18-15(21)12-4-3-5-13(16)8-12/h3-5,8,10-11,17H,6-7,9H2,1-2H3,(H,18,21). The van der Waals surface area contributed by atoms with Gasteiger partial charge in [0.2, 0.25) is 5.91 Å². The van der Waals surface area contributed by atoms with Crippen LogP contribution in [0.3, 0.4) is 0 Å². The number of hydrogen-bond donors (Lipinski definition) is 2. The Hall–Kier alpha value is -1.40. The minimum absolute atomic E-state index is 0.0302. The molecule has 2 rings (SSSR count). The van der Waals surface area contributed by atoms with Gasteiger partial charge in [-0.25, -0.2) is 0 Å². The zero-order valence-electron chi connectivity index (χ0n) is 12.2. The third-order valence-corrected chi connectivity index (χ3v) is 4.33. The van der Waals surface area contributed by atoms with Crippen LogP contribution in [-0.2, 0) is 4.79 Å². The molecule has 0 aliphatic carbocycles. The third kappa shape index (κ3) is 4.04. The summed E-state index contributed by atoms with van der Waals surface area (Å²) < 4.78 is 0.839. The van der Waals surface area contributed by atoms with Gasteiger partial charge in [-0.2, -0.15) is 0 Å². The molecule has 0 saturated carbocycles. The predicted molar refractivity (Wildman–Crippen MR) is 85.1 cm³/mol. The number of piperazine rings is 1. The van der Waals surface area contributed by atoms with Crippen molar-refractivity contribution in [2.24, 2.45) is 0 Å². The largest absolute Gasteiger partial charge is 0.343 e. The summed E-state index contributed by atoms with van der Waals surface area (Å²) in [6, 6.07) is 7.50. The zero-order valence-corrected chi connectivity index (χ0v) is 13.8. The lowest BCUT2D eigenvalue weighted by molar-refractivity contribution is -0.133. The van der Waals surface area contributed by atoms with E-state index in [2.05, 4.69) is 33.5 Å². The van der Waals surface area contributed by atoms with Crippen molar-refractivity contribution in [3.05, 3.63) is 34.3 Å². The van der Waals surface area contributed by atoms with Crippen molar-refractivity contribution >= 4 is 27.7 Å². The molecule has 1 aliphatic rings. The highest BCUT2D eigenvalue weighted by atomic mass is 79.9. The lowest BCUT2D eigenvalue weighted by Crippen LogP contribution is -2.58. The fraction of sp³-hybridized carbons (Fsp3) is 0.467. The molecule has 1 saturated heterocycles. The van der Waals surface area contributed by atoms with Gasteiger partial charge in [-0.1, -0.05) is 22.0 Å². The van der Waals surface area contributed by atoms with E-state index in [1.807, 2.05) is 17.9 Å². The van der Waals surface area contributed by atoms with Crippen LogP contribution in [0.5, 0.6) is 0 Å². The maximum atomic E-state index is 12.2. The van der Waals surface area contributed by atoms with Gasteiger partial charge in [0, 0.05) is 35.2 Å². The SMILES string of the molecule is CC1NCCN(C(=O)CNC(=O)c2cccc(Br)c2)C1C. The normalized spacial score (nSPS) is 22.0. The molecular weight excluding hydrogens is 334 g/mol. The summed E-state index contributed by atoms with van der Waals surface area (Å²) in [5.41, 5.74) is 0.541. The first-order valence-corrected chi connectivity index (χ1v) is 7.85. The summed E-state index contributed by atoms with van der Waals surface area (Å²) in [5, 5.41) is 6.01. The monoisotopic (exact) mass is 353 g/mol. The molecule has 0 spiro atoms. The molecule has 1 heterocycles. The fourth-order valence-corrected chi connectivity index (χ4v) is 2.80. The Bertz CT molecular complexity index is 535. The molecule has 1 aromatic rings. The Balaban J connectivity index is 1.90. The summed E-state index contributed by atoms with van der Waals surface area (Å²) in [7, 11) is 0. The Morgan fingerprint density at radius 3 is 2.90 bits per heavy atom. The molecule has 1 fully saturated rings. The number of amides is 2. The molecular formula is C15H20BrN3O2. The van der Waals surface area contributed by atoms with Crippen molar-refractivity contribution < 1.29 is 9.59 Å². The molecule has 0 radical (unpaired) electrons. The van der Waals surface area contributed by atoms with E-state index in [9.17, 15) is 9.59 Å². The highest BCUT2D eigenvalue weighted by Gasteiger charge is 2.27. The summed E-state index contributed by atoms with van der Waals surface area (Å²) in [6.45, 7) is 5.57. The van der Waals surface area contributed by atoms with Crippen LogP contribution in [-0.4, -0.2) is 48.4 Å². The van der Waals surface area contributed by atoms with E-state index in [-0.39, 0.29) is 30.4 Å². The smallest absolute Gasteiger partial charge is 0.251 e. The van der Waals surface area contributed by atoms with Gasteiger partial charge in [-0.05, 0) is 32.0 Å². The maximum Gasteiger partial charge on any atom is 0.251 e. The van der Waals surface area contributed by atoms with Gasteiger partial charge >= 0.3 is 0 Å². The molecule has 0 bridgehead atoms. The van der Waals surface area contributed by atoms with Gasteiger partial charge in [-0.15, -0.1) is 0 Å². The van der Waals surface area contributed by atoms with Crippen molar-refractivity contribution in [1.82, 2.24) is 15.5 Å². The van der Waals surface area contributed by atoms with Crippen LogP contribution in [0.1, 0.15) is 24.2 Å². The van der Waals surface area contributed by atoms with Crippen molar-refractivity contribution in [3.63, 3.8) is 0 Å². The van der Waals surface area contributed by atoms with Crippen LogP contribution in [0.4, 0.5) is 0 Å². The minimum Gasteiger partial charge on any atom is -0.343 e. The average Bonchev–Trinajstić information content (AvgIpc) is 2.47. The lowest BCUT2D eigenvalue weighted by atomic mass is 10.1. The van der Waals surface area contributed by atoms with Crippen LogP contribution >= 0.6 is 15.9 Å². The number of rotatable bonds is 3. The lowest BCUT2D eigenvalue weighted by Gasteiger charge is -2.38. The second-order valence-corrected chi connectivity index (χ2v) is 6.18. The molecule has 6 heteroatoms. The molecule has 2 unspecified atom stereocenters. The van der Waals surface area contributed by atoms with Gasteiger partial charge in [0.15, 0.2) is 0 Å². The van der Waals surface area contributed by atoms with Gasteiger partial charge < -0.3 is 15.5 Å². The molecule has 2 atom stereocenters. The summed E-state index contributed by atoms with van der Waals surface area (Å²) >= 11 is 3.33. The number of nitrogens with one attached hydrogen (secondary N) is 2. The molecule has 114 valence electrons.